The number of hydrogen-bond donors (Lipinski definition) is 2. The van der Waals surface area contributed by atoms with Gasteiger partial charge in [0.05, 0.1) is 19.5 Å². The third-order valence-electron chi connectivity index (χ3n) is 2.82. The van der Waals surface area contributed by atoms with E-state index in [1.165, 1.54) is 21.4 Å². The van der Waals surface area contributed by atoms with Gasteiger partial charge in [0.1, 0.15) is 0 Å². The van der Waals surface area contributed by atoms with Crippen molar-refractivity contribution in [2.45, 2.75) is 6.54 Å². The van der Waals surface area contributed by atoms with Gasteiger partial charge in [-0.15, -0.1) is 0 Å². The normalized spacial score (nSPS) is 17.2. The first-order valence-corrected chi connectivity index (χ1v) is 7.50. The highest BCUT2D eigenvalue weighted by molar-refractivity contribution is 7.87. The minimum absolute atomic E-state index is 0.0685. The molecule has 1 saturated heterocycles. The molecule has 0 atom stereocenters. The van der Waals surface area contributed by atoms with Crippen molar-refractivity contribution in [3.05, 3.63) is 18.2 Å². The number of imidazole rings is 1. The summed E-state index contributed by atoms with van der Waals surface area (Å²) in [6, 6.07) is 0. The van der Waals surface area contributed by atoms with Crippen LogP contribution in [0.4, 0.5) is 0 Å². The van der Waals surface area contributed by atoms with Crippen molar-refractivity contribution in [1.82, 2.24) is 18.6 Å². The molecule has 0 bridgehead atoms. The Labute approximate surface area is 116 Å². The van der Waals surface area contributed by atoms with Crippen LogP contribution >= 0.6 is 0 Å². The van der Waals surface area contributed by atoms with E-state index in [1.807, 2.05) is 0 Å². The first kappa shape index (κ1) is 14.9. The number of carboxylic acid groups (broad SMARTS) is 1. The topological polar surface area (TPSA) is 114 Å². The highest BCUT2D eigenvalue weighted by Crippen LogP contribution is 2.02. The number of ether oxygens (including phenoxy) is 1. The van der Waals surface area contributed by atoms with Gasteiger partial charge >= 0.3 is 5.97 Å². The number of hydrogen-bond acceptors (Lipinski definition) is 5. The van der Waals surface area contributed by atoms with E-state index >= 15 is 0 Å². The van der Waals surface area contributed by atoms with Crippen LogP contribution in [0.5, 0.6) is 0 Å². The van der Waals surface area contributed by atoms with Crippen molar-refractivity contribution in [1.29, 1.82) is 0 Å². The van der Waals surface area contributed by atoms with Gasteiger partial charge in [-0.2, -0.15) is 12.7 Å². The fourth-order valence-electron chi connectivity index (χ4n) is 1.77. The maximum Gasteiger partial charge on any atom is 0.356 e. The largest absolute Gasteiger partial charge is 0.476 e. The van der Waals surface area contributed by atoms with Crippen molar-refractivity contribution >= 4 is 16.2 Å². The quantitative estimate of drug-likeness (QED) is 0.678. The average Bonchev–Trinajstić information content (AvgIpc) is 2.89. The van der Waals surface area contributed by atoms with Gasteiger partial charge in [-0.05, 0) is 0 Å². The molecule has 2 rings (SSSR count). The van der Waals surface area contributed by atoms with Crippen LogP contribution in [-0.2, 0) is 21.5 Å². The Morgan fingerprint density at radius 3 is 2.75 bits per heavy atom. The predicted octanol–water partition coefficient (Wildman–Crippen LogP) is -1.25. The standard InChI is InChI=1S/C10H16N4O5S/c15-10(16)9-7-13(8-11-9)2-1-12-20(17,18)14-3-5-19-6-4-14/h7-8,12H,1-6H2,(H,15,16). The molecular weight excluding hydrogens is 288 g/mol. The Morgan fingerprint density at radius 2 is 2.15 bits per heavy atom. The number of aromatic carboxylic acids is 1. The molecule has 0 aliphatic carbocycles. The van der Waals surface area contributed by atoms with Crippen LogP contribution in [0.3, 0.4) is 0 Å². The number of carbonyl (C=O) groups is 1. The van der Waals surface area contributed by atoms with Crippen molar-refractivity contribution in [2.24, 2.45) is 0 Å². The van der Waals surface area contributed by atoms with Crippen LogP contribution in [0.15, 0.2) is 12.5 Å². The second kappa shape index (κ2) is 6.31. The van der Waals surface area contributed by atoms with Crippen LogP contribution in [0.2, 0.25) is 0 Å². The molecule has 10 heteroatoms. The highest BCUT2D eigenvalue weighted by Gasteiger charge is 2.23. The zero-order valence-electron chi connectivity index (χ0n) is 10.7. The van der Waals surface area contributed by atoms with E-state index in [0.717, 1.165) is 0 Å². The monoisotopic (exact) mass is 304 g/mol. The van der Waals surface area contributed by atoms with Crippen molar-refractivity contribution in [3.8, 4) is 0 Å². The molecule has 0 saturated carbocycles. The van der Waals surface area contributed by atoms with Crippen molar-refractivity contribution < 1.29 is 23.1 Å². The Hall–Kier alpha value is -1.49. The lowest BCUT2D eigenvalue weighted by atomic mass is 10.5. The third-order valence-corrected chi connectivity index (χ3v) is 4.43. The first-order valence-electron chi connectivity index (χ1n) is 6.06. The molecule has 1 fully saturated rings. The molecule has 0 radical (unpaired) electrons. The molecule has 2 heterocycles. The summed E-state index contributed by atoms with van der Waals surface area (Å²) < 4.78 is 34.3. The molecule has 112 valence electrons. The van der Waals surface area contributed by atoms with E-state index in [4.69, 9.17) is 9.84 Å². The van der Waals surface area contributed by atoms with Crippen LogP contribution < -0.4 is 4.72 Å². The Morgan fingerprint density at radius 1 is 1.45 bits per heavy atom. The van der Waals surface area contributed by atoms with Crippen molar-refractivity contribution in [3.63, 3.8) is 0 Å². The maximum atomic E-state index is 11.9. The van der Waals surface area contributed by atoms with Crippen LogP contribution in [0, 0.1) is 0 Å². The van der Waals surface area contributed by atoms with E-state index in [1.54, 1.807) is 0 Å². The average molecular weight is 304 g/mol. The molecule has 2 N–H and O–H groups in total. The van der Waals surface area contributed by atoms with Crippen LogP contribution in [0.1, 0.15) is 10.5 Å². The fourth-order valence-corrected chi connectivity index (χ4v) is 2.94. The van der Waals surface area contributed by atoms with E-state index in [-0.39, 0.29) is 12.2 Å². The minimum Gasteiger partial charge on any atom is -0.476 e. The number of carboxylic acids is 1. The van der Waals surface area contributed by atoms with Gasteiger partial charge in [-0.3, -0.25) is 0 Å². The Kier molecular flexibility index (Phi) is 4.70. The number of rotatable bonds is 6. The van der Waals surface area contributed by atoms with Gasteiger partial charge in [0.15, 0.2) is 5.69 Å². The van der Waals surface area contributed by atoms with E-state index in [2.05, 4.69) is 9.71 Å². The zero-order chi connectivity index (χ0) is 14.6. The summed E-state index contributed by atoms with van der Waals surface area (Å²) in [7, 11) is -3.51. The summed E-state index contributed by atoms with van der Waals surface area (Å²) >= 11 is 0. The number of nitrogens with one attached hydrogen (secondary N) is 1. The molecule has 0 unspecified atom stereocenters. The van der Waals surface area contributed by atoms with Gasteiger partial charge in [0.25, 0.3) is 10.2 Å². The van der Waals surface area contributed by atoms with Gasteiger partial charge in [0.2, 0.25) is 0 Å². The summed E-state index contributed by atoms with van der Waals surface area (Å²) in [5, 5.41) is 8.72. The number of morpholine rings is 1. The molecule has 1 aliphatic rings. The molecular formula is C10H16N4O5S. The maximum absolute atomic E-state index is 11.9. The predicted molar refractivity (Wildman–Crippen MR) is 68.5 cm³/mol. The SMILES string of the molecule is O=C(O)c1cn(CCNS(=O)(=O)N2CCOCC2)cn1. The lowest BCUT2D eigenvalue weighted by Gasteiger charge is -2.26. The first-order chi connectivity index (χ1) is 9.49. The Bertz CT molecular complexity index is 564. The van der Waals surface area contributed by atoms with E-state index < -0.39 is 16.2 Å². The molecule has 1 aromatic heterocycles. The Balaban J connectivity index is 1.83. The lowest BCUT2D eigenvalue weighted by Crippen LogP contribution is -2.47. The molecule has 1 aromatic rings. The molecule has 20 heavy (non-hydrogen) atoms. The number of aromatic nitrogens is 2. The summed E-state index contributed by atoms with van der Waals surface area (Å²) in [6.45, 7) is 1.93. The molecule has 0 aromatic carbocycles. The second-order valence-electron chi connectivity index (χ2n) is 4.21. The van der Waals surface area contributed by atoms with Gasteiger partial charge in [-0.25, -0.2) is 14.5 Å². The molecule has 1 aliphatic heterocycles. The van der Waals surface area contributed by atoms with Crippen molar-refractivity contribution in [2.75, 3.05) is 32.8 Å². The third kappa shape index (κ3) is 3.76. The fraction of sp³-hybridized carbons (Fsp3) is 0.600. The van der Waals surface area contributed by atoms with E-state index in [0.29, 0.717) is 32.8 Å². The summed E-state index contributed by atoms with van der Waals surface area (Å²) in [4.78, 5) is 14.3. The van der Waals surface area contributed by atoms with Gasteiger partial charge in [-0.1, -0.05) is 0 Å². The summed E-state index contributed by atoms with van der Waals surface area (Å²) in [5.41, 5.74) is -0.0685. The highest BCUT2D eigenvalue weighted by atomic mass is 32.2. The second-order valence-corrected chi connectivity index (χ2v) is 5.97. The summed E-state index contributed by atoms with van der Waals surface area (Å²) in [6.07, 6.45) is 2.71. The van der Waals surface area contributed by atoms with Gasteiger partial charge in [0, 0.05) is 32.4 Å². The van der Waals surface area contributed by atoms with Crippen LogP contribution in [-0.4, -0.2) is 66.2 Å². The smallest absolute Gasteiger partial charge is 0.356 e. The van der Waals surface area contributed by atoms with Gasteiger partial charge < -0.3 is 14.4 Å². The van der Waals surface area contributed by atoms with E-state index in [9.17, 15) is 13.2 Å². The molecule has 0 amide bonds. The molecule has 9 nitrogen and oxygen atoms in total. The molecule has 0 spiro atoms. The minimum atomic E-state index is -3.51. The number of nitrogens with zero attached hydrogens (tertiary/aromatic N) is 3. The summed E-state index contributed by atoms with van der Waals surface area (Å²) in [5.74, 6) is -1.11. The van der Waals surface area contributed by atoms with Crippen LogP contribution in [0.25, 0.3) is 0 Å². The zero-order valence-corrected chi connectivity index (χ0v) is 11.5. The lowest BCUT2D eigenvalue weighted by molar-refractivity contribution is 0.0691.